The highest BCUT2D eigenvalue weighted by atomic mass is 79.9. The lowest BCUT2D eigenvalue weighted by atomic mass is 9.99. The number of aromatic hydroxyl groups is 1. The van der Waals surface area contributed by atoms with Gasteiger partial charge in [-0.25, -0.2) is 0 Å². The van der Waals surface area contributed by atoms with Gasteiger partial charge >= 0.3 is 0 Å². The third kappa shape index (κ3) is 2.79. The Hall–Kier alpha value is -1.81. The first-order chi connectivity index (χ1) is 9.02. The maximum absolute atomic E-state index is 12.4. The van der Waals surface area contributed by atoms with E-state index < -0.39 is 0 Å². The average Bonchev–Trinajstić information content (AvgIpc) is 2.41. The molecule has 0 fully saturated rings. The number of ketones is 1. The Morgan fingerprint density at radius 2 is 1.84 bits per heavy atom. The van der Waals surface area contributed by atoms with Crippen LogP contribution in [0.25, 0.3) is 0 Å². The molecule has 3 nitrogen and oxygen atoms in total. The van der Waals surface area contributed by atoms with E-state index in [-0.39, 0.29) is 11.5 Å². The molecule has 0 bridgehead atoms. The van der Waals surface area contributed by atoms with Crippen molar-refractivity contribution in [3.8, 4) is 11.5 Å². The SMILES string of the molecule is COc1cc(C)c(C(=O)c2ccc(O)cc2)cc1Br. The molecule has 0 aliphatic rings. The van der Waals surface area contributed by atoms with Crippen molar-refractivity contribution in [2.45, 2.75) is 6.92 Å². The largest absolute Gasteiger partial charge is 0.508 e. The monoisotopic (exact) mass is 320 g/mol. The van der Waals surface area contributed by atoms with E-state index in [1.807, 2.05) is 13.0 Å². The Kier molecular flexibility index (Phi) is 3.90. The molecule has 0 aliphatic heterocycles. The smallest absolute Gasteiger partial charge is 0.193 e. The lowest BCUT2D eigenvalue weighted by Gasteiger charge is -2.09. The zero-order valence-corrected chi connectivity index (χ0v) is 12.2. The van der Waals surface area contributed by atoms with Crippen LogP contribution in [0.3, 0.4) is 0 Å². The molecular formula is C15H13BrO3. The number of carbonyl (C=O) groups is 1. The van der Waals surface area contributed by atoms with Crippen LogP contribution in [0, 0.1) is 6.92 Å². The molecule has 0 unspecified atom stereocenters. The molecule has 98 valence electrons. The summed E-state index contributed by atoms with van der Waals surface area (Å²) in [4.78, 5) is 12.4. The van der Waals surface area contributed by atoms with Crippen LogP contribution < -0.4 is 4.74 Å². The van der Waals surface area contributed by atoms with Crippen molar-refractivity contribution in [3.63, 3.8) is 0 Å². The van der Waals surface area contributed by atoms with Gasteiger partial charge in [0.2, 0.25) is 0 Å². The van der Waals surface area contributed by atoms with E-state index in [1.54, 1.807) is 25.3 Å². The van der Waals surface area contributed by atoms with E-state index in [4.69, 9.17) is 4.74 Å². The van der Waals surface area contributed by atoms with E-state index in [1.165, 1.54) is 12.1 Å². The molecule has 1 N–H and O–H groups in total. The molecule has 0 amide bonds. The molecule has 2 aromatic rings. The topological polar surface area (TPSA) is 46.5 Å². The highest BCUT2D eigenvalue weighted by molar-refractivity contribution is 9.10. The summed E-state index contributed by atoms with van der Waals surface area (Å²) < 4.78 is 5.93. The minimum absolute atomic E-state index is 0.0825. The molecule has 0 saturated heterocycles. The van der Waals surface area contributed by atoms with Gasteiger partial charge in [0.15, 0.2) is 5.78 Å². The average molecular weight is 321 g/mol. The fraction of sp³-hybridized carbons (Fsp3) is 0.133. The quantitative estimate of drug-likeness (QED) is 0.877. The first-order valence-corrected chi connectivity index (χ1v) is 6.50. The van der Waals surface area contributed by atoms with Crippen molar-refractivity contribution in [2.24, 2.45) is 0 Å². The molecule has 0 heterocycles. The van der Waals surface area contributed by atoms with E-state index in [0.29, 0.717) is 16.9 Å². The summed E-state index contributed by atoms with van der Waals surface area (Å²) in [7, 11) is 1.58. The van der Waals surface area contributed by atoms with Gasteiger partial charge in [0.25, 0.3) is 0 Å². The fourth-order valence-corrected chi connectivity index (χ4v) is 2.33. The van der Waals surface area contributed by atoms with Gasteiger partial charge in [0, 0.05) is 11.1 Å². The van der Waals surface area contributed by atoms with Crippen LogP contribution in [0.2, 0.25) is 0 Å². The molecular weight excluding hydrogens is 308 g/mol. The van der Waals surface area contributed by atoms with Crippen molar-refractivity contribution in [1.82, 2.24) is 0 Å². The number of aryl methyl sites for hydroxylation is 1. The first kappa shape index (κ1) is 13.6. The normalized spacial score (nSPS) is 10.3. The lowest BCUT2D eigenvalue weighted by molar-refractivity contribution is 0.103. The van der Waals surface area contributed by atoms with Gasteiger partial charge in [-0.05, 0) is 64.8 Å². The number of rotatable bonds is 3. The van der Waals surface area contributed by atoms with Crippen LogP contribution in [0.4, 0.5) is 0 Å². The third-order valence-corrected chi connectivity index (χ3v) is 3.49. The van der Waals surface area contributed by atoms with Crippen molar-refractivity contribution in [3.05, 3.63) is 57.6 Å². The second kappa shape index (κ2) is 5.45. The van der Waals surface area contributed by atoms with Crippen molar-refractivity contribution < 1.29 is 14.6 Å². The molecule has 0 atom stereocenters. The Morgan fingerprint density at radius 1 is 1.21 bits per heavy atom. The highest BCUT2D eigenvalue weighted by Gasteiger charge is 2.14. The maximum atomic E-state index is 12.4. The minimum Gasteiger partial charge on any atom is -0.508 e. The lowest BCUT2D eigenvalue weighted by Crippen LogP contribution is -2.04. The van der Waals surface area contributed by atoms with Gasteiger partial charge in [-0.3, -0.25) is 4.79 Å². The molecule has 2 rings (SSSR count). The van der Waals surface area contributed by atoms with Gasteiger partial charge in [-0.1, -0.05) is 0 Å². The zero-order chi connectivity index (χ0) is 14.0. The number of hydrogen-bond acceptors (Lipinski definition) is 3. The van der Waals surface area contributed by atoms with Crippen LogP contribution in [-0.4, -0.2) is 18.0 Å². The standard InChI is InChI=1S/C15H13BrO3/c1-9-7-14(19-2)13(16)8-12(9)15(18)10-3-5-11(17)6-4-10/h3-8,17H,1-2H3. The van der Waals surface area contributed by atoms with E-state index in [0.717, 1.165) is 10.0 Å². The predicted molar refractivity (Wildman–Crippen MR) is 77.0 cm³/mol. The summed E-state index contributed by atoms with van der Waals surface area (Å²) >= 11 is 3.38. The van der Waals surface area contributed by atoms with Gasteiger partial charge in [0.1, 0.15) is 11.5 Å². The van der Waals surface area contributed by atoms with Gasteiger partial charge in [-0.15, -0.1) is 0 Å². The molecule has 0 radical (unpaired) electrons. The number of phenols is 1. The number of carbonyl (C=O) groups excluding carboxylic acids is 1. The van der Waals surface area contributed by atoms with Gasteiger partial charge < -0.3 is 9.84 Å². The summed E-state index contributed by atoms with van der Waals surface area (Å²) in [6.45, 7) is 1.86. The van der Waals surface area contributed by atoms with Gasteiger partial charge in [0.05, 0.1) is 11.6 Å². The minimum atomic E-state index is -0.0825. The Balaban J connectivity index is 2.44. The number of hydrogen-bond donors (Lipinski definition) is 1. The Bertz CT molecular complexity index is 618. The Morgan fingerprint density at radius 3 is 2.42 bits per heavy atom. The van der Waals surface area contributed by atoms with E-state index in [2.05, 4.69) is 15.9 Å². The summed E-state index contributed by atoms with van der Waals surface area (Å²) in [5.74, 6) is 0.754. The number of methoxy groups -OCH3 is 1. The molecule has 0 aromatic heterocycles. The van der Waals surface area contributed by atoms with Crippen molar-refractivity contribution >= 4 is 21.7 Å². The maximum Gasteiger partial charge on any atom is 0.193 e. The Labute approximate surface area is 120 Å². The number of halogens is 1. The number of phenolic OH excluding ortho intramolecular Hbond substituents is 1. The summed E-state index contributed by atoms with van der Waals surface area (Å²) in [5, 5.41) is 9.24. The van der Waals surface area contributed by atoms with Crippen molar-refractivity contribution in [1.29, 1.82) is 0 Å². The molecule has 0 saturated carbocycles. The summed E-state index contributed by atoms with van der Waals surface area (Å²) in [5.41, 5.74) is 1.99. The van der Waals surface area contributed by atoms with Crippen LogP contribution in [-0.2, 0) is 0 Å². The summed E-state index contributed by atoms with van der Waals surface area (Å²) in [6.07, 6.45) is 0. The van der Waals surface area contributed by atoms with Crippen LogP contribution in [0.1, 0.15) is 21.5 Å². The van der Waals surface area contributed by atoms with Gasteiger partial charge in [-0.2, -0.15) is 0 Å². The first-order valence-electron chi connectivity index (χ1n) is 5.71. The molecule has 0 spiro atoms. The fourth-order valence-electron chi connectivity index (χ4n) is 1.82. The third-order valence-electron chi connectivity index (χ3n) is 2.87. The second-order valence-electron chi connectivity index (χ2n) is 4.18. The summed E-state index contributed by atoms with van der Waals surface area (Å²) in [6, 6.07) is 9.79. The van der Waals surface area contributed by atoms with Crippen LogP contribution >= 0.6 is 15.9 Å². The number of benzene rings is 2. The number of ether oxygens (including phenoxy) is 1. The second-order valence-corrected chi connectivity index (χ2v) is 5.03. The van der Waals surface area contributed by atoms with E-state index >= 15 is 0 Å². The molecule has 19 heavy (non-hydrogen) atoms. The van der Waals surface area contributed by atoms with Crippen LogP contribution in [0.5, 0.6) is 11.5 Å². The molecule has 2 aromatic carbocycles. The van der Waals surface area contributed by atoms with Crippen LogP contribution in [0.15, 0.2) is 40.9 Å². The molecule has 0 aliphatic carbocycles. The van der Waals surface area contributed by atoms with Crippen molar-refractivity contribution in [2.75, 3.05) is 7.11 Å². The molecule has 4 heteroatoms. The zero-order valence-electron chi connectivity index (χ0n) is 10.6. The highest BCUT2D eigenvalue weighted by Crippen LogP contribution is 2.29. The predicted octanol–water partition coefficient (Wildman–Crippen LogP) is 3.70. The van der Waals surface area contributed by atoms with E-state index in [9.17, 15) is 9.90 Å².